The summed E-state index contributed by atoms with van der Waals surface area (Å²) in [5.74, 6) is -0.0825. The van der Waals surface area contributed by atoms with Crippen molar-refractivity contribution in [3.8, 4) is 0 Å². The van der Waals surface area contributed by atoms with Crippen LogP contribution in [0.5, 0.6) is 0 Å². The van der Waals surface area contributed by atoms with Crippen molar-refractivity contribution < 1.29 is 9.53 Å². The zero-order chi connectivity index (χ0) is 22.0. The SMILES string of the molecule is CC1CN(Cc2cccc(CNC(=O)c3cc4cc(C(C)(C)C)ccc4[nH]3)c2)CCO1. The van der Waals surface area contributed by atoms with Crippen LogP contribution < -0.4 is 5.32 Å². The van der Waals surface area contributed by atoms with Crippen molar-refractivity contribution in [2.75, 3.05) is 19.7 Å². The van der Waals surface area contributed by atoms with Crippen molar-refractivity contribution in [3.05, 3.63) is 70.9 Å². The summed E-state index contributed by atoms with van der Waals surface area (Å²) in [6, 6.07) is 16.7. The van der Waals surface area contributed by atoms with Crippen LogP contribution in [0, 0.1) is 0 Å². The first kappa shape index (κ1) is 21.6. The molecule has 164 valence electrons. The third-order valence-electron chi connectivity index (χ3n) is 5.91. The van der Waals surface area contributed by atoms with Gasteiger partial charge in [0.25, 0.3) is 5.91 Å². The van der Waals surface area contributed by atoms with E-state index >= 15 is 0 Å². The maximum Gasteiger partial charge on any atom is 0.267 e. The summed E-state index contributed by atoms with van der Waals surface area (Å²) >= 11 is 0. The van der Waals surface area contributed by atoms with E-state index < -0.39 is 0 Å². The minimum absolute atomic E-state index is 0.0815. The van der Waals surface area contributed by atoms with E-state index in [1.54, 1.807) is 0 Å². The molecule has 2 heterocycles. The molecular formula is C26H33N3O2. The third kappa shape index (κ3) is 5.35. The Kier molecular flexibility index (Phi) is 6.17. The Labute approximate surface area is 184 Å². The number of aromatic amines is 1. The van der Waals surface area contributed by atoms with Crippen molar-refractivity contribution in [1.82, 2.24) is 15.2 Å². The van der Waals surface area contributed by atoms with Crippen LogP contribution in [0.15, 0.2) is 48.5 Å². The minimum atomic E-state index is -0.0825. The van der Waals surface area contributed by atoms with Gasteiger partial charge < -0.3 is 15.0 Å². The first-order valence-electron chi connectivity index (χ1n) is 11.1. The molecule has 1 unspecified atom stereocenters. The van der Waals surface area contributed by atoms with Crippen LogP contribution >= 0.6 is 0 Å². The van der Waals surface area contributed by atoms with Gasteiger partial charge in [-0.25, -0.2) is 0 Å². The van der Waals surface area contributed by atoms with Gasteiger partial charge in [-0.15, -0.1) is 0 Å². The molecule has 0 saturated carbocycles. The first-order valence-corrected chi connectivity index (χ1v) is 11.1. The van der Waals surface area contributed by atoms with E-state index in [9.17, 15) is 4.79 Å². The van der Waals surface area contributed by atoms with Crippen molar-refractivity contribution in [3.63, 3.8) is 0 Å². The third-order valence-corrected chi connectivity index (χ3v) is 5.91. The number of ether oxygens (including phenoxy) is 1. The van der Waals surface area contributed by atoms with E-state index in [1.165, 1.54) is 11.1 Å². The number of morpholine rings is 1. The highest BCUT2D eigenvalue weighted by Crippen LogP contribution is 2.26. The van der Waals surface area contributed by atoms with Crippen molar-refractivity contribution in [2.45, 2.75) is 52.3 Å². The molecule has 5 nitrogen and oxygen atoms in total. The van der Waals surface area contributed by atoms with Crippen molar-refractivity contribution in [2.24, 2.45) is 0 Å². The number of nitrogens with one attached hydrogen (secondary N) is 2. The lowest BCUT2D eigenvalue weighted by molar-refractivity contribution is -0.0212. The van der Waals surface area contributed by atoms with Crippen LogP contribution in [-0.2, 0) is 23.2 Å². The molecule has 1 fully saturated rings. The van der Waals surface area contributed by atoms with Gasteiger partial charge in [0.2, 0.25) is 0 Å². The molecule has 1 saturated heterocycles. The van der Waals surface area contributed by atoms with Crippen LogP contribution in [0.3, 0.4) is 0 Å². The number of carbonyl (C=O) groups excluding carboxylic acids is 1. The summed E-state index contributed by atoms with van der Waals surface area (Å²) in [5, 5.41) is 4.12. The normalized spacial score (nSPS) is 17.7. The molecule has 0 aliphatic carbocycles. The Morgan fingerprint density at radius 2 is 1.97 bits per heavy atom. The molecule has 2 N–H and O–H groups in total. The number of benzene rings is 2. The average molecular weight is 420 g/mol. The largest absolute Gasteiger partial charge is 0.376 e. The first-order chi connectivity index (χ1) is 14.8. The topological polar surface area (TPSA) is 57.4 Å². The van der Waals surface area contributed by atoms with E-state index in [4.69, 9.17) is 4.74 Å². The average Bonchev–Trinajstić information content (AvgIpc) is 3.15. The van der Waals surface area contributed by atoms with Gasteiger partial charge in [-0.1, -0.05) is 51.1 Å². The molecule has 2 aromatic carbocycles. The second-order valence-electron chi connectivity index (χ2n) is 9.65. The van der Waals surface area contributed by atoms with Gasteiger partial charge in [-0.3, -0.25) is 9.69 Å². The summed E-state index contributed by atoms with van der Waals surface area (Å²) in [7, 11) is 0. The van der Waals surface area contributed by atoms with E-state index in [-0.39, 0.29) is 17.4 Å². The summed E-state index contributed by atoms with van der Waals surface area (Å²) in [5.41, 5.74) is 5.30. The monoisotopic (exact) mass is 419 g/mol. The van der Waals surface area contributed by atoms with Crippen LogP contribution in [0.4, 0.5) is 0 Å². The number of hydrogen-bond donors (Lipinski definition) is 2. The Hall–Kier alpha value is -2.63. The molecule has 4 rings (SSSR count). The van der Waals surface area contributed by atoms with Crippen LogP contribution in [0.25, 0.3) is 10.9 Å². The molecule has 0 spiro atoms. The van der Waals surface area contributed by atoms with Crippen LogP contribution in [-0.4, -0.2) is 41.6 Å². The molecule has 1 amide bonds. The number of carbonyl (C=O) groups is 1. The second-order valence-corrected chi connectivity index (χ2v) is 9.65. The molecule has 1 aliphatic rings. The van der Waals surface area contributed by atoms with Crippen LogP contribution in [0.2, 0.25) is 0 Å². The Morgan fingerprint density at radius 3 is 2.74 bits per heavy atom. The smallest absolute Gasteiger partial charge is 0.267 e. The number of amides is 1. The van der Waals surface area contributed by atoms with Gasteiger partial charge in [-0.2, -0.15) is 0 Å². The van der Waals surface area contributed by atoms with Gasteiger partial charge in [0.15, 0.2) is 0 Å². The zero-order valence-corrected chi connectivity index (χ0v) is 19.0. The molecule has 0 bridgehead atoms. The Morgan fingerprint density at radius 1 is 1.16 bits per heavy atom. The lowest BCUT2D eigenvalue weighted by atomic mass is 9.86. The minimum Gasteiger partial charge on any atom is -0.376 e. The maximum atomic E-state index is 12.7. The van der Waals surface area contributed by atoms with Gasteiger partial charge in [0, 0.05) is 37.1 Å². The van der Waals surface area contributed by atoms with E-state index in [2.05, 4.69) is 85.4 Å². The van der Waals surface area contributed by atoms with Crippen LogP contribution in [0.1, 0.15) is 54.9 Å². The molecule has 3 aromatic rings. The highest BCUT2D eigenvalue weighted by Gasteiger charge is 2.17. The highest BCUT2D eigenvalue weighted by atomic mass is 16.5. The standard InChI is InChI=1S/C26H33N3O2/c1-18-16-29(10-11-31-18)17-20-7-5-6-19(12-20)15-27-25(30)24-14-21-13-22(26(2,3)4)8-9-23(21)28-24/h5-9,12-14,18,28H,10-11,15-17H2,1-4H3,(H,27,30). The molecule has 0 radical (unpaired) electrons. The fourth-order valence-electron chi connectivity index (χ4n) is 4.13. The van der Waals surface area contributed by atoms with E-state index in [0.29, 0.717) is 12.2 Å². The molecule has 5 heteroatoms. The molecule has 31 heavy (non-hydrogen) atoms. The molecule has 1 atom stereocenters. The summed E-state index contributed by atoms with van der Waals surface area (Å²) in [4.78, 5) is 18.4. The Balaban J connectivity index is 1.39. The molecular weight excluding hydrogens is 386 g/mol. The van der Waals surface area contributed by atoms with Gasteiger partial charge in [-0.05, 0) is 47.2 Å². The fourth-order valence-corrected chi connectivity index (χ4v) is 4.13. The second kappa shape index (κ2) is 8.85. The lowest BCUT2D eigenvalue weighted by Crippen LogP contribution is -2.40. The zero-order valence-electron chi connectivity index (χ0n) is 19.0. The van der Waals surface area contributed by atoms with E-state index in [0.717, 1.165) is 42.7 Å². The summed E-state index contributed by atoms with van der Waals surface area (Å²) in [6.07, 6.45) is 0.284. The Bertz CT molecular complexity index is 1060. The summed E-state index contributed by atoms with van der Waals surface area (Å²) in [6.45, 7) is 12.8. The fraction of sp³-hybridized carbons (Fsp3) is 0.423. The number of aromatic nitrogens is 1. The lowest BCUT2D eigenvalue weighted by Gasteiger charge is -2.31. The van der Waals surface area contributed by atoms with Crippen molar-refractivity contribution >= 4 is 16.8 Å². The quantitative estimate of drug-likeness (QED) is 0.635. The molecule has 1 aliphatic heterocycles. The number of H-pyrrole nitrogens is 1. The van der Waals surface area contributed by atoms with Gasteiger partial charge in [0.05, 0.1) is 12.7 Å². The number of nitrogens with zero attached hydrogens (tertiary/aromatic N) is 1. The predicted molar refractivity (Wildman–Crippen MR) is 125 cm³/mol. The maximum absolute atomic E-state index is 12.7. The van der Waals surface area contributed by atoms with Gasteiger partial charge >= 0.3 is 0 Å². The number of fused-ring (bicyclic) bond motifs is 1. The van der Waals surface area contributed by atoms with Crippen molar-refractivity contribution in [1.29, 1.82) is 0 Å². The molecule has 1 aromatic heterocycles. The summed E-state index contributed by atoms with van der Waals surface area (Å²) < 4.78 is 5.63. The predicted octanol–water partition coefficient (Wildman–Crippen LogP) is 4.62. The van der Waals surface area contributed by atoms with E-state index in [1.807, 2.05) is 6.07 Å². The van der Waals surface area contributed by atoms with Gasteiger partial charge in [0.1, 0.15) is 5.69 Å². The highest BCUT2D eigenvalue weighted by molar-refractivity contribution is 5.98. The number of hydrogen-bond acceptors (Lipinski definition) is 3. The number of rotatable bonds is 5.